The lowest BCUT2D eigenvalue weighted by Crippen LogP contribution is -2.45. The van der Waals surface area contributed by atoms with Gasteiger partial charge in [0, 0.05) is 12.8 Å². The molecule has 6 nitrogen and oxygen atoms in total. The van der Waals surface area contributed by atoms with E-state index in [1.807, 2.05) is 0 Å². The monoisotopic (exact) mass is 1270 g/mol. The third kappa shape index (κ3) is 75.6. The third-order valence-electron chi connectivity index (χ3n) is 20.1. The molecule has 0 saturated heterocycles. The predicted molar refractivity (Wildman–Crippen MR) is 398 cm³/mol. The highest BCUT2D eigenvalue weighted by molar-refractivity contribution is 5.76. The van der Waals surface area contributed by atoms with E-state index >= 15 is 0 Å². The summed E-state index contributed by atoms with van der Waals surface area (Å²) in [6, 6.07) is -0.536. The zero-order valence-corrected chi connectivity index (χ0v) is 61.7. The molecule has 536 valence electrons. The van der Waals surface area contributed by atoms with Crippen molar-refractivity contribution in [1.29, 1.82) is 0 Å². The Bertz CT molecular complexity index is 1370. The zero-order valence-electron chi connectivity index (χ0n) is 61.7. The minimum atomic E-state index is -0.659. The Kier molecular flexibility index (Phi) is 78.8. The predicted octanol–water partition coefficient (Wildman–Crippen LogP) is 27.8. The van der Waals surface area contributed by atoms with Gasteiger partial charge in [0.25, 0.3) is 0 Å². The van der Waals surface area contributed by atoms with Gasteiger partial charge in [0.2, 0.25) is 5.91 Å². The molecule has 0 aromatic heterocycles. The lowest BCUT2D eigenvalue weighted by molar-refractivity contribution is -0.143. The van der Waals surface area contributed by atoms with Crippen LogP contribution in [-0.2, 0) is 14.3 Å². The van der Waals surface area contributed by atoms with Crippen molar-refractivity contribution in [2.24, 2.45) is 0 Å². The van der Waals surface area contributed by atoms with Crippen LogP contribution in [0, 0.1) is 0 Å². The Morgan fingerprint density at radius 3 is 0.789 bits per heavy atom. The number of carbonyl (C=O) groups is 2. The molecule has 0 rings (SSSR count). The Balaban J connectivity index is 3.27. The number of esters is 1. The van der Waals surface area contributed by atoms with Crippen LogP contribution < -0.4 is 5.32 Å². The maximum Gasteiger partial charge on any atom is 0.305 e. The van der Waals surface area contributed by atoms with Crippen molar-refractivity contribution in [3.05, 3.63) is 12.2 Å². The number of amides is 1. The molecule has 0 radical (unpaired) electrons. The van der Waals surface area contributed by atoms with Crippen molar-refractivity contribution >= 4 is 11.9 Å². The fraction of sp³-hybridized carbons (Fsp3) is 0.952. The number of nitrogens with one attached hydrogen (secondary N) is 1. The molecule has 6 heteroatoms. The Morgan fingerprint density at radius 1 is 0.300 bits per heavy atom. The molecule has 0 aromatic carbocycles. The number of unbranched alkanes of at least 4 members (excludes halogenated alkanes) is 67. The van der Waals surface area contributed by atoms with Crippen molar-refractivity contribution in [2.45, 2.75) is 501 Å². The van der Waals surface area contributed by atoms with E-state index in [1.54, 1.807) is 0 Å². The maximum atomic E-state index is 12.5. The van der Waals surface area contributed by atoms with Crippen LogP contribution in [0.3, 0.4) is 0 Å². The smallest absolute Gasteiger partial charge is 0.305 e. The molecule has 2 unspecified atom stereocenters. The SMILES string of the molecule is CCCCCCCCC/C=C\CCCCCCCCCC(=O)OCCCCCCCCCCCCCCCCCCCCCCCCCCCCCCCCCCCCCCCCCC(=O)NC(CO)C(O)CCCCCCCCCCCCCCCCCC. The van der Waals surface area contributed by atoms with Crippen LogP contribution in [0.15, 0.2) is 12.2 Å². The van der Waals surface area contributed by atoms with Crippen molar-refractivity contribution in [3.8, 4) is 0 Å². The summed E-state index contributed by atoms with van der Waals surface area (Å²) >= 11 is 0. The molecular weight excluding hydrogens is 1100 g/mol. The highest BCUT2D eigenvalue weighted by Crippen LogP contribution is 2.21. The van der Waals surface area contributed by atoms with Gasteiger partial charge in [-0.2, -0.15) is 0 Å². The topological polar surface area (TPSA) is 95.9 Å². The van der Waals surface area contributed by atoms with E-state index in [0.29, 0.717) is 25.9 Å². The fourth-order valence-corrected chi connectivity index (χ4v) is 13.7. The first-order chi connectivity index (χ1) is 44.5. The molecule has 90 heavy (non-hydrogen) atoms. The van der Waals surface area contributed by atoms with E-state index < -0.39 is 12.1 Å². The summed E-state index contributed by atoms with van der Waals surface area (Å²) in [5.74, 6) is -0.00187. The van der Waals surface area contributed by atoms with E-state index in [2.05, 4.69) is 31.3 Å². The van der Waals surface area contributed by atoms with Crippen LogP contribution in [0.25, 0.3) is 0 Å². The summed E-state index contributed by atoms with van der Waals surface area (Å²) in [6.45, 7) is 5.01. The molecule has 0 fully saturated rings. The minimum absolute atomic E-state index is 0.0224. The highest BCUT2D eigenvalue weighted by Gasteiger charge is 2.20. The molecule has 0 aromatic rings. The van der Waals surface area contributed by atoms with Crippen molar-refractivity contribution < 1.29 is 24.5 Å². The number of hydrogen-bond donors (Lipinski definition) is 3. The molecule has 0 bridgehead atoms. The van der Waals surface area contributed by atoms with Gasteiger partial charge in [-0.05, 0) is 51.4 Å². The summed E-state index contributed by atoms with van der Waals surface area (Å²) in [7, 11) is 0. The van der Waals surface area contributed by atoms with Crippen molar-refractivity contribution in [2.75, 3.05) is 13.2 Å². The van der Waals surface area contributed by atoms with E-state index in [1.165, 1.54) is 417 Å². The first-order valence-electron chi connectivity index (χ1n) is 41.9. The van der Waals surface area contributed by atoms with E-state index in [0.717, 1.165) is 38.5 Å². The van der Waals surface area contributed by atoms with Crippen LogP contribution in [0.2, 0.25) is 0 Å². The number of rotatable bonds is 80. The van der Waals surface area contributed by atoms with Gasteiger partial charge < -0.3 is 20.3 Å². The second-order valence-corrected chi connectivity index (χ2v) is 29.2. The van der Waals surface area contributed by atoms with Gasteiger partial charge >= 0.3 is 5.97 Å². The summed E-state index contributed by atoms with van der Waals surface area (Å²) < 4.78 is 5.52. The van der Waals surface area contributed by atoms with Crippen LogP contribution in [0.5, 0.6) is 0 Å². The summed E-state index contributed by atoms with van der Waals surface area (Å²) in [5.41, 5.74) is 0. The molecule has 0 aliphatic carbocycles. The molecule has 0 spiro atoms. The van der Waals surface area contributed by atoms with Gasteiger partial charge in [-0.15, -0.1) is 0 Å². The quantitative estimate of drug-likeness (QED) is 0.0320. The lowest BCUT2D eigenvalue weighted by Gasteiger charge is -2.22. The van der Waals surface area contributed by atoms with Gasteiger partial charge in [0.05, 0.1) is 25.4 Å². The lowest BCUT2D eigenvalue weighted by atomic mass is 10.0. The normalized spacial score (nSPS) is 12.4. The first-order valence-corrected chi connectivity index (χ1v) is 41.9. The van der Waals surface area contributed by atoms with Gasteiger partial charge in [0.1, 0.15) is 0 Å². The number of aliphatic hydroxyl groups excluding tert-OH is 2. The number of carbonyl (C=O) groups excluding carboxylic acids is 2. The molecule has 2 atom stereocenters. The molecule has 0 aliphatic rings. The second kappa shape index (κ2) is 80.0. The number of aliphatic hydroxyl groups is 2. The molecule has 0 aliphatic heterocycles. The Labute approximate surface area is 565 Å². The molecule has 3 N–H and O–H groups in total. The fourth-order valence-electron chi connectivity index (χ4n) is 13.7. The number of hydrogen-bond acceptors (Lipinski definition) is 5. The highest BCUT2D eigenvalue weighted by atomic mass is 16.5. The largest absolute Gasteiger partial charge is 0.466 e. The number of ether oxygens (including phenoxy) is 1. The van der Waals surface area contributed by atoms with E-state index in [4.69, 9.17) is 4.74 Å². The van der Waals surface area contributed by atoms with Crippen molar-refractivity contribution in [1.82, 2.24) is 5.32 Å². The molecule has 1 amide bonds. The Hall–Kier alpha value is -1.40. The van der Waals surface area contributed by atoms with Crippen LogP contribution in [0.1, 0.15) is 489 Å². The molecule has 0 heterocycles. The average Bonchev–Trinajstić information content (AvgIpc) is 3.72. The van der Waals surface area contributed by atoms with Gasteiger partial charge in [-0.1, -0.05) is 437 Å². The zero-order chi connectivity index (χ0) is 64.9. The van der Waals surface area contributed by atoms with E-state index in [9.17, 15) is 19.8 Å². The average molecular weight is 1270 g/mol. The van der Waals surface area contributed by atoms with Gasteiger partial charge in [-0.25, -0.2) is 0 Å². The standard InChI is InChI=1S/C84H165NO5/c1-3-5-7-9-11-13-15-17-19-21-46-50-54-58-62-66-70-74-78-84(89)90-79-75-71-67-63-59-55-51-47-44-42-40-38-36-34-32-30-28-26-24-22-23-25-27-29-31-33-35-37-39-41-43-45-49-53-57-61-65-69-73-77-83(88)85-81(80-86)82(87)76-72-68-64-60-56-52-48-20-18-16-14-12-10-8-6-4-2/h19,21,81-82,86-87H,3-18,20,22-80H2,1-2H3,(H,85,88)/b21-19-. The van der Waals surface area contributed by atoms with Crippen LogP contribution >= 0.6 is 0 Å². The Morgan fingerprint density at radius 2 is 0.522 bits per heavy atom. The summed E-state index contributed by atoms with van der Waals surface area (Å²) in [5, 5.41) is 23.4. The van der Waals surface area contributed by atoms with Crippen LogP contribution in [0.4, 0.5) is 0 Å². The summed E-state index contributed by atoms with van der Waals surface area (Å²) in [6.07, 6.45) is 102. The molecular formula is C84H165NO5. The maximum absolute atomic E-state index is 12.5. The van der Waals surface area contributed by atoms with Gasteiger partial charge in [-0.3, -0.25) is 9.59 Å². The van der Waals surface area contributed by atoms with E-state index in [-0.39, 0.29) is 18.5 Å². The van der Waals surface area contributed by atoms with Crippen LogP contribution in [-0.4, -0.2) is 47.4 Å². The third-order valence-corrected chi connectivity index (χ3v) is 20.1. The second-order valence-electron chi connectivity index (χ2n) is 29.2. The first kappa shape index (κ1) is 88.6. The number of allylic oxidation sites excluding steroid dienone is 2. The minimum Gasteiger partial charge on any atom is -0.466 e. The molecule has 0 saturated carbocycles. The summed E-state index contributed by atoms with van der Waals surface area (Å²) in [4.78, 5) is 24.7. The van der Waals surface area contributed by atoms with Crippen molar-refractivity contribution in [3.63, 3.8) is 0 Å². The van der Waals surface area contributed by atoms with Gasteiger partial charge in [0.15, 0.2) is 0 Å².